The third kappa shape index (κ3) is 4.20. The van der Waals surface area contributed by atoms with Gasteiger partial charge in [-0.1, -0.05) is 6.92 Å². The van der Waals surface area contributed by atoms with E-state index in [9.17, 15) is 9.59 Å². The van der Waals surface area contributed by atoms with E-state index in [-0.39, 0.29) is 18.4 Å². The van der Waals surface area contributed by atoms with Gasteiger partial charge in [0.1, 0.15) is 0 Å². The third-order valence-electron chi connectivity index (χ3n) is 3.40. The number of likely N-dealkylation sites (tertiary alicyclic amines) is 1. The number of carbonyl (C=O) groups excluding carboxylic acids is 1. The lowest BCUT2D eigenvalue weighted by atomic mass is 9.95. The van der Waals surface area contributed by atoms with Crippen LogP contribution in [0.5, 0.6) is 0 Å². The van der Waals surface area contributed by atoms with Crippen LogP contribution in [0.3, 0.4) is 0 Å². The van der Waals surface area contributed by atoms with Gasteiger partial charge in [0.15, 0.2) is 0 Å². The number of urea groups is 1. The fourth-order valence-corrected chi connectivity index (χ4v) is 2.51. The van der Waals surface area contributed by atoms with E-state index in [1.54, 1.807) is 0 Å². The highest BCUT2D eigenvalue weighted by Gasteiger charge is 2.27. The molecule has 0 bridgehead atoms. The van der Waals surface area contributed by atoms with Crippen LogP contribution in [0, 0.1) is 5.92 Å². The topological polar surface area (TPSA) is 60.9 Å². The number of piperidine rings is 1. The van der Waals surface area contributed by atoms with Gasteiger partial charge in [-0.05, 0) is 32.1 Å². The van der Waals surface area contributed by atoms with Gasteiger partial charge < -0.3 is 14.9 Å². The second-order valence-electron chi connectivity index (χ2n) is 4.91. The maximum absolute atomic E-state index is 12.3. The van der Waals surface area contributed by atoms with Crippen LogP contribution in [-0.2, 0) is 4.79 Å². The first-order chi connectivity index (χ1) is 8.58. The Morgan fingerprint density at radius 3 is 2.67 bits per heavy atom. The van der Waals surface area contributed by atoms with Crippen molar-refractivity contribution in [3.63, 3.8) is 0 Å². The smallest absolute Gasteiger partial charge is 0.319 e. The summed E-state index contributed by atoms with van der Waals surface area (Å²) in [5, 5.41) is 8.82. The minimum absolute atomic E-state index is 0.0643. The standard InChI is InChI=1S/C13H24N2O3/c1-3-7-14(4-2)13(18)15-8-5-6-11(10-15)9-12(16)17/h11H,3-10H2,1-2H3,(H,16,17). The second-order valence-corrected chi connectivity index (χ2v) is 4.91. The first-order valence-electron chi connectivity index (χ1n) is 6.84. The number of hydrogen-bond acceptors (Lipinski definition) is 2. The van der Waals surface area contributed by atoms with Gasteiger partial charge in [-0.2, -0.15) is 0 Å². The molecule has 1 fully saturated rings. The fourth-order valence-electron chi connectivity index (χ4n) is 2.51. The first kappa shape index (κ1) is 14.8. The van der Waals surface area contributed by atoms with E-state index in [4.69, 9.17) is 5.11 Å². The molecule has 5 heteroatoms. The minimum atomic E-state index is -0.768. The molecule has 2 amide bonds. The average molecular weight is 256 g/mol. The zero-order chi connectivity index (χ0) is 13.5. The van der Waals surface area contributed by atoms with E-state index >= 15 is 0 Å². The molecule has 0 aromatic heterocycles. The van der Waals surface area contributed by atoms with Gasteiger partial charge in [0.25, 0.3) is 0 Å². The Balaban J connectivity index is 2.54. The number of hydrogen-bond donors (Lipinski definition) is 1. The number of rotatable bonds is 5. The van der Waals surface area contributed by atoms with Crippen LogP contribution >= 0.6 is 0 Å². The van der Waals surface area contributed by atoms with E-state index in [1.807, 2.05) is 16.7 Å². The molecule has 0 radical (unpaired) electrons. The van der Waals surface area contributed by atoms with E-state index < -0.39 is 5.97 Å². The van der Waals surface area contributed by atoms with E-state index in [0.29, 0.717) is 13.1 Å². The molecule has 0 aromatic rings. The fraction of sp³-hybridized carbons (Fsp3) is 0.846. The molecule has 104 valence electrons. The monoisotopic (exact) mass is 256 g/mol. The molecule has 1 unspecified atom stereocenters. The maximum Gasteiger partial charge on any atom is 0.319 e. The summed E-state index contributed by atoms with van der Waals surface area (Å²) in [6, 6.07) is 0.0643. The predicted molar refractivity (Wildman–Crippen MR) is 69.5 cm³/mol. The van der Waals surface area contributed by atoms with Crippen molar-refractivity contribution in [1.29, 1.82) is 0 Å². The molecule has 1 atom stereocenters. The number of aliphatic carboxylic acids is 1. The molecule has 0 aromatic carbocycles. The zero-order valence-electron chi connectivity index (χ0n) is 11.4. The largest absolute Gasteiger partial charge is 0.481 e. The molecule has 0 aliphatic carbocycles. The molecular formula is C13H24N2O3. The highest BCUT2D eigenvalue weighted by molar-refractivity contribution is 5.74. The first-order valence-corrected chi connectivity index (χ1v) is 6.84. The average Bonchev–Trinajstić information content (AvgIpc) is 2.34. The maximum atomic E-state index is 12.3. The number of carboxylic acid groups (broad SMARTS) is 1. The summed E-state index contributed by atoms with van der Waals surface area (Å²) in [6.45, 7) is 6.87. The molecule has 1 N–H and O–H groups in total. The Hall–Kier alpha value is -1.26. The summed E-state index contributed by atoms with van der Waals surface area (Å²) in [5.74, 6) is -0.657. The van der Waals surface area contributed by atoms with Crippen LogP contribution in [0.25, 0.3) is 0 Å². The minimum Gasteiger partial charge on any atom is -0.481 e. The van der Waals surface area contributed by atoms with Gasteiger partial charge in [-0.25, -0.2) is 4.79 Å². The summed E-state index contributed by atoms with van der Waals surface area (Å²) in [6.07, 6.45) is 2.94. The SMILES string of the molecule is CCCN(CC)C(=O)N1CCCC(CC(=O)O)C1. The van der Waals surface area contributed by atoms with Crippen molar-refractivity contribution in [3.05, 3.63) is 0 Å². The molecule has 1 heterocycles. The third-order valence-corrected chi connectivity index (χ3v) is 3.40. The van der Waals surface area contributed by atoms with Gasteiger partial charge in [-0.15, -0.1) is 0 Å². The summed E-state index contributed by atoms with van der Waals surface area (Å²) in [4.78, 5) is 26.6. The summed E-state index contributed by atoms with van der Waals surface area (Å²) >= 11 is 0. The number of nitrogens with zero attached hydrogens (tertiary/aromatic N) is 2. The molecule has 0 spiro atoms. The van der Waals surface area contributed by atoms with Crippen LogP contribution in [0.15, 0.2) is 0 Å². The lowest BCUT2D eigenvalue weighted by molar-refractivity contribution is -0.138. The lowest BCUT2D eigenvalue weighted by Crippen LogP contribution is -2.48. The van der Waals surface area contributed by atoms with Crippen LogP contribution in [0.4, 0.5) is 4.79 Å². The summed E-state index contributed by atoms with van der Waals surface area (Å²) in [7, 11) is 0. The number of amides is 2. The van der Waals surface area contributed by atoms with Gasteiger partial charge in [0, 0.05) is 32.6 Å². The molecule has 1 aliphatic heterocycles. The highest BCUT2D eigenvalue weighted by atomic mass is 16.4. The lowest BCUT2D eigenvalue weighted by Gasteiger charge is -2.35. The highest BCUT2D eigenvalue weighted by Crippen LogP contribution is 2.20. The Morgan fingerprint density at radius 2 is 2.11 bits per heavy atom. The molecule has 18 heavy (non-hydrogen) atoms. The van der Waals surface area contributed by atoms with Crippen molar-refractivity contribution in [2.45, 2.75) is 39.5 Å². The van der Waals surface area contributed by atoms with E-state index in [2.05, 4.69) is 6.92 Å². The van der Waals surface area contributed by atoms with Crippen molar-refractivity contribution in [1.82, 2.24) is 9.80 Å². The number of carboxylic acids is 1. The Bertz CT molecular complexity index is 294. The zero-order valence-corrected chi connectivity index (χ0v) is 11.4. The molecule has 1 saturated heterocycles. The Labute approximate surface area is 109 Å². The van der Waals surface area contributed by atoms with Crippen molar-refractivity contribution in [2.24, 2.45) is 5.92 Å². The summed E-state index contributed by atoms with van der Waals surface area (Å²) in [5.41, 5.74) is 0. The summed E-state index contributed by atoms with van der Waals surface area (Å²) < 4.78 is 0. The van der Waals surface area contributed by atoms with E-state index in [1.165, 1.54) is 0 Å². The van der Waals surface area contributed by atoms with Crippen LogP contribution in [-0.4, -0.2) is 53.1 Å². The van der Waals surface area contributed by atoms with Gasteiger partial charge >= 0.3 is 12.0 Å². The molecular weight excluding hydrogens is 232 g/mol. The molecule has 0 saturated carbocycles. The van der Waals surface area contributed by atoms with E-state index in [0.717, 1.165) is 32.4 Å². The van der Waals surface area contributed by atoms with Gasteiger partial charge in [0.2, 0.25) is 0 Å². The predicted octanol–water partition coefficient (Wildman–Crippen LogP) is 2.03. The Morgan fingerprint density at radius 1 is 1.39 bits per heavy atom. The van der Waals surface area contributed by atoms with Gasteiger partial charge in [-0.3, -0.25) is 4.79 Å². The molecule has 5 nitrogen and oxygen atoms in total. The Kier molecular flexibility index (Phi) is 5.95. The quantitative estimate of drug-likeness (QED) is 0.818. The number of carbonyl (C=O) groups is 2. The van der Waals surface area contributed by atoms with Crippen LogP contribution in [0.2, 0.25) is 0 Å². The van der Waals surface area contributed by atoms with Crippen molar-refractivity contribution >= 4 is 12.0 Å². The van der Waals surface area contributed by atoms with Crippen molar-refractivity contribution in [2.75, 3.05) is 26.2 Å². The normalized spacial score (nSPS) is 19.7. The van der Waals surface area contributed by atoms with Crippen molar-refractivity contribution in [3.8, 4) is 0 Å². The molecule has 1 aliphatic rings. The second kappa shape index (κ2) is 7.24. The van der Waals surface area contributed by atoms with Gasteiger partial charge in [0.05, 0.1) is 0 Å². The molecule has 1 rings (SSSR count). The van der Waals surface area contributed by atoms with Crippen LogP contribution < -0.4 is 0 Å². The van der Waals surface area contributed by atoms with Crippen LogP contribution in [0.1, 0.15) is 39.5 Å². The van der Waals surface area contributed by atoms with Crippen molar-refractivity contribution < 1.29 is 14.7 Å².